The Balaban J connectivity index is 2.02. The Hall–Kier alpha value is -2.85. The van der Waals surface area contributed by atoms with E-state index < -0.39 is 0 Å². The molecule has 0 unspecified atom stereocenters. The van der Waals surface area contributed by atoms with Crippen LogP contribution in [0.5, 0.6) is 5.75 Å². The summed E-state index contributed by atoms with van der Waals surface area (Å²) in [6.45, 7) is 5.09. The highest BCUT2D eigenvalue weighted by Crippen LogP contribution is 2.37. The molecule has 0 aliphatic carbocycles. The lowest BCUT2D eigenvalue weighted by Gasteiger charge is -2.20. The van der Waals surface area contributed by atoms with Gasteiger partial charge in [0.25, 0.3) is 5.91 Å². The van der Waals surface area contributed by atoms with Crippen LogP contribution in [-0.2, 0) is 9.53 Å². The molecular formula is C23H25NO3. The van der Waals surface area contributed by atoms with Gasteiger partial charge in [0, 0.05) is 24.8 Å². The third-order valence-corrected chi connectivity index (χ3v) is 4.60. The molecule has 0 radical (unpaired) electrons. The maximum absolute atomic E-state index is 13.2. The molecule has 0 saturated carbocycles. The molecule has 1 amide bonds. The van der Waals surface area contributed by atoms with Crippen molar-refractivity contribution in [2.45, 2.75) is 20.3 Å². The smallest absolute Gasteiger partial charge is 0.259 e. The Labute approximate surface area is 160 Å². The molecule has 3 rings (SSSR count). The minimum atomic E-state index is 0.0101. The number of amides is 1. The predicted molar refractivity (Wildman–Crippen MR) is 109 cm³/mol. The fourth-order valence-electron chi connectivity index (χ4n) is 3.22. The largest absolute Gasteiger partial charge is 0.494 e. The van der Waals surface area contributed by atoms with Gasteiger partial charge in [0.05, 0.1) is 18.9 Å². The summed E-state index contributed by atoms with van der Waals surface area (Å²) in [6, 6.07) is 17.7. The van der Waals surface area contributed by atoms with Crippen LogP contribution >= 0.6 is 0 Å². The molecule has 140 valence electrons. The summed E-state index contributed by atoms with van der Waals surface area (Å²) in [5.41, 5.74) is 4.59. The van der Waals surface area contributed by atoms with E-state index in [-0.39, 0.29) is 5.91 Å². The van der Waals surface area contributed by atoms with Crippen molar-refractivity contribution < 1.29 is 14.3 Å². The van der Waals surface area contributed by atoms with Crippen LogP contribution in [0.15, 0.2) is 71.4 Å². The van der Waals surface area contributed by atoms with Gasteiger partial charge >= 0.3 is 0 Å². The monoisotopic (exact) mass is 363 g/mol. The van der Waals surface area contributed by atoms with Crippen molar-refractivity contribution in [3.8, 4) is 5.75 Å². The van der Waals surface area contributed by atoms with Crippen molar-refractivity contribution in [1.29, 1.82) is 0 Å². The molecular weight excluding hydrogens is 338 g/mol. The van der Waals surface area contributed by atoms with Crippen LogP contribution in [0.1, 0.15) is 25.8 Å². The number of hydrogen-bond acceptors (Lipinski definition) is 3. The van der Waals surface area contributed by atoms with Crippen molar-refractivity contribution >= 4 is 17.7 Å². The maximum Gasteiger partial charge on any atom is 0.259 e. The third-order valence-electron chi connectivity index (χ3n) is 4.60. The number of hydrogen-bond donors (Lipinski definition) is 0. The highest BCUT2D eigenvalue weighted by molar-refractivity contribution is 6.14. The second-order valence-electron chi connectivity index (χ2n) is 6.35. The zero-order valence-corrected chi connectivity index (χ0v) is 16.1. The van der Waals surface area contributed by atoms with Crippen molar-refractivity contribution in [3.05, 3.63) is 77.0 Å². The second-order valence-corrected chi connectivity index (χ2v) is 6.35. The number of carbonyl (C=O) groups excluding carboxylic acids is 1. The zero-order chi connectivity index (χ0) is 19.2. The van der Waals surface area contributed by atoms with Gasteiger partial charge in [-0.2, -0.15) is 0 Å². The summed E-state index contributed by atoms with van der Waals surface area (Å²) < 4.78 is 10.7. The molecule has 27 heavy (non-hydrogen) atoms. The second kappa shape index (κ2) is 8.69. The lowest BCUT2D eigenvalue weighted by Crippen LogP contribution is -2.25. The van der Waals surface area contributed by atoms with Crippen LogP contribution < -0.4 is 9.64 Å². The fraction of sp³-hybridized carbons (Fsp3) is 0.261. The van der Waals surface area contributed by atoms with Gasteiger partial charge in [0.15, 0.2) is 0 Å². The number of nitrogens with zero attached hydrogens (tertiary/aromatic N) is 1. The van der Waals surface area contributed by atoms with Crippen LogP contribution in [0.3, 0.4) is 0 Å². The first-order valence-electron chi connectivity index (χ1n) is 9.18. The van der Waals surface area contributed by atoms with E-state index in [9.17, 15) is 4.79 Å². The SMILES string of the molecule is CCOc1ccc(N2C(=O)C(CCOC)=C(C)/C2=C\c2ccccc2)cc1. The summed E-state index contributed by atoms with van der Waals surface area (Å²) in [7, 11) is 1.65. The molecule has 1 aliphatic heterocycles. The van der Waals surface area contributed by atoms with E-state index in [1.54, 1.807) is 12.0 Å². The van der Waals surface area contributed by atoms with E-state index in [4.69, 9.17) is 9.47 Å². The number of methoxy groups -OCH3 is 1. The first-order valence-corrected chi connectivity index (χ1v) is 9.18. The maximum atomic E-state index is 13.2. The average molecular weight is 363 g/mol. The van der Waals surface area contributed by atoms with E-state index in [1.807, 2.05) is 68.4 Å². The minimum absolute atomic E-state index is 0.0101. The lowest BCUT2D eigenvalue weighted by atomic mass is 10.1. The van der Waals surface area contributed by atoms with Gasteiger partial charge in [-0.1, -0.05) is 30.3 Å². The highest BCUT2D eigenvalue weighted by Gasteiger charge is 2.33. The summed E-state index contributed by atoms with van der Waals surface area (Å²) in [4.78, 5) is 15.0. The van der Waals surface area contributed by atoms with Crippen molar-refractivity contribution in [3.63, 3.8) is 0 Å². The number of rotatable bonds is 7. The Kier molecular flexibility index (Phi) is 6.09. The van der Waals surface area contributed by atoms with Crippen molar-refractivity contribution in [1.82, 2.24) is 0 Å². The van der Waals surface area contributed by atoms with E-state index >= 15 is 0 Å². The molecule has 0 saturated heterocycles. The number of allylic oxidation sites excluding steroid dienone is 1. The van der Waals surface area contributed by atoms with E-state index in [1.165, 1.54) is 0 Å². The van der Waals surface area contributed by atoms with E-state index in [0.717, 1.165) is 33.8 Å². The molecule has 0 fully saturated rings. The van der Waals surface area contributed by atoms with Crippen LogP contribution in [0, 0.1) is 0 Å². The van der Waals surface area contributed by atoms with Crippen LogP contribution in [0.25, 0.3) is 6.08 Å². The molecule has 2 aromatic rings. The van der Waals surface area contributed by atoms with Gasteiger partial charge in [-0.05, 0) is 55.3 Å². The Morgan fingerprint density at radius 2 is 1.74 bits per heavy atom. The number of benzene rings is 2. The first-order chi connectivity index (χ1) is 13.2. The van der Waals surface area contributed by atoms with Gasteiger partial charge in [-0.25, -0.2) is 0 Å². The predicted octanol–water partition coefficient (Wildman–Crippen LogP) is 4.83. The summed E-state index contributed by atoms with van der Waals surface area (Å²) in [5.74, 6) is 0.807. The molecule has 4 heteroatoms. The van der Waals surface area contributed by atoms with Crippen LogP contribution in [-0.4, -0.2) is 26.2 Å². The van der Waals surface area contributed by atoms with E-state index in [2.05, 4.69) is 6.08 Å². The zero-order valence-electron chi connectivity index (χ0n) is 16.1. The normalized spacial score (nSPS) is 15.7. The topological polar surface area (TPSA) is 38.8 Å². The fourth-order valence-corrected chi connectivity index (χ4v) is 3.22. The molecule has 0 spiro atoms. The Bertz CT molecular complexity index is 851. The number of ether oxygens (including phenoxy) is 2. The summed E-state index contributed by atoms with van der Waals surface area (Å²) in [5, 5.41) is 0. The summed E-state index contributed by atoms with van der Waals surface area (Å²) >= 11 is 0. The van der Waals surface area contributed by atoms with Crippen LogP contribution in [0.2, 0.25) is 0 Å². The number of anilines is 1. The third kappa shape index (κ3) is 4.12. The number of carbonyl (C=O) groups is 1. The lowest BCUT2D eigenvalue weighted by molar-refractivity contribution is -0.114. The molecule has 4 nitrogen and oxygen atoms in total. The molecule has 0 N–H and O–H groups in total. The quantitative estimate of drug-likeness (QED) is 0.707. The summed E-state index contributed by atoms with van der Waals surface area (Å²) in [6.07, 6.45) is 2.66. The Morgan fingerprint density at radius 1 is 1.04 bits per heavy atom. The van der Waals surface area contributed by atoms with Crippen molar-refractivity contribution in [2.75, 3.05) is 25.2 Å². The average Bonchev–Trinajstić information content (AvgIpc) is 2.92. The molecule has 2 aromatic carbocycles. The Morgan fingerprint density at radius 3 is 2.37 bits per heavy atom. The molecule has 0 atom stereocenters. The van der Waals surface area contributed by atoms with E-state index in [0.29, 0.717) is 19.6 Å². The standard InChI is InChI=1S/C23H25NO3/c1-4-27-20-12-10-19(11-13-20)24-22(16-18-8-6-5-7-9-18)17(2)21(23(24)25)14-15-26-3/h5-13,16H,4,14-15H2,1-3H3/b22-16+. The van der Waals surface area contributed by atoms with Gasteiger partial charge in [-0.3, -0.25) is 9.69 Å². The van der Waals surface area contributed by atoms with Crippen molar-refractivity contribution in [2.24, 2.45) is 0 Å². The molecule has 1 heterocycles. The molecule has 0 bridgehead atoms. The highest BCUT2D eigenvalue weighted by atomic mass is 16.5. The van der Waals surface area contributed by atoms with Gasteiger partial charge in [0.1, 0.15) is 5.75 Å². The molecule has 0 aromatic heterocycles. The van der Waals surface area contributed by atoms with Gasteiger partial charge < -0.3 is 9.47 Å². The van der Waals surface area contributed by atoms with Gasteiger partial charge in [0.2, 0.25) is 0 Å². The first kappa shape index (κ1) is 18.9. The van der Waals surface area contributed by atoms with Gasteiger partial charge in [-0.15, -0.1) is 0 Å². The minimum Gasteiger partial charge on any atom is -0.494 e. The van der Waals surface area contributed by atoms with Crippen LogP contribution in [0.4, 0.5) is 5.69 Å². The molecule has 1 aliphatic rings.